The monoisotopic (exact) mass is 462 g/mol. The summed E-state index contributed by atoms with van der Waals surface area (Å²) in [4.78, 5) is 8.75. The molecular formula is C30H23FN2O2. The molecule has 5 aromatic rings. The van der Waals surface area contributed by atoms with Crippen molar-refractivity contribution in [3.8, 4) is 11.5 Å². The Morgan fingerprint density at radius 1 is 0.771 bits per heavy atom. The minimum atomic E-state index is -0.266. The molecule has 4 nitrogen and oxygen atoms in total. The molecule has 0 N–H and O–H groups in total. The van der Waals surface area contributed by atoms with Crippen LogP contribution in [0.3, 0.4) is 0 Å². The number of aromatic nitrogens is 2. The average Bonchev–Trinajstić information content (AvgIpc) is 2.92. The molecule has 0 spiro atoms. The first-order valence-corrected chi connectivity index (χ1v) is 11.3. The van der Waals surface area contributed by atoms with Crippen molar-refractivity contribution < 1.29 is 13.9 Å². The normalized spacial score (nSPS) is 11.4. The van der Waals surface area contributed by atoms with E-state index in [2.05, 4.69) is 16.0 Å². The van der Waals surface area contributed by atoms with Crippen LogP contribution in [0.15, 0.2) is 109 Å². The lowest BCUT2D eigenvalue weighted by atomic mass is 10.0. The highest BCUT2D eigenvalue weighted by Crippen LogP contribution is 2.24. The van der Waals surface area contributed by atoms with Gasteiger partial charge in [0.05, 0.1) is 17.4 Å². The number of hydrogen-bond donors (Lipinski definition) is 0. The zero-order valence-corrected chi connectivity index (χ0v) is 19.0. The molecule has 0 radical (unpaired) electrons. The van der Waals surface area contributed by atoms with Crippen molar-refractivity contribution in [1.29, 1.82) is 0 Å². The van der Waals surface area contributed by atoms with Gasteiger partial charge in [-0.15, -0.1) is 0 Å². The maximum absolute atomic E-state index is 13.4. The van der Waals surface area contributed by atoms with Crippen LogP contribution in [0.1, 0.15) is 16.8 Å². The second kappa shape index (κ2) is 10.6. The Morgan fingerprint density at radius 3 is 2.40 bits per heavy atom. The molecule has 5 heteroatoms. The van der Waals surface area contributed by atoms with Crippen molar-refractivity contribution in [2.24, 2.45) is 0 Å². The van der Waals surface area contributed by atoms with E-state index in [0.717, 1.165) is 39.0 Å². The molecule has 0 saturated heterocycles. The minimum absolute atomic E-state index is 0.266. The summed E-state index contributed by atoms with van der Waals surface area (Å²) in [7, 11) is 0. The molecule has 0 fully saturated rings. The number of pyridine rings is 2. The maximum atomic E-state index is 13.4. The topological polar surface area (TPSA) is 44.2 Å². The van der Waals surface area contributed by atoms with E-state index in [-0.39, 0.29) is 5.82 Å². The van der Waals surface area contributed by atoms with Gasteiger partial charge in [0.1, 0.15) is 30.5 Å². The fourth-order valence-corrected chi connectivity index (χ4v) is 3.67. The average molecular weight is 463 g/mol. The quantitative estimate of drug-likeness (QED) is 0.234. The zero-order chi connectivity index (χ0) is 23.9. The van der Waals surface area contributed by atoms with E-state index in [1.807, 2.05) is 72.8 Å². The number of hydrogen-bond acceptors (Lipinski definition) is 4. The number of rotatable bonds is 8. The van der Waals surface area contributed by atoms with Gasteiger partial charge in [0, 0.05) is 11.6 Å². The van der Waals surface area contributed by atoms with Gasteiger partial charge in [0.25, 0.3) is 0 Å². The number of para-hydroxylation sites is 1. The van der Waals surface area contributed by atoms with Crippen molar-refractivity contribution >= 4 is 22.6 Å². The Morgan fingerprint density at radius 2 is 1.60 bits per heavy atom. The molecule has 0 saturated carbocycles. The molecule has 35 heavy (non-hydrogen) atoms. The van der Waals surface area contributed by atoms with Crippen molar-refractivity contribution in [3.05, 3.63) is 132 Å². The Hall–Kier alpha value is -4.51. The highest BCUT2D eigenvalue weighted by atomic mass is 19.1. The van der Waals surface area contributed by atoms with E-state index in [0.29, 0.717) is 19.0 Å². The van der Waals surface area contributed by atoms with E-state index in [9.17, 15) is 4.39 Å². The fourth-order valence-electron chi connectivity index (χ4n) is 3.67. The molecule has 0 aliphatic rings. The second-order valence-electron chi connectivity index (χ2n) is 8.01. The number of fused-ring (bicyclic) bond motifs is 1. The van der Waals surface area contributed by atoms with Gasteiger partial charge in [0.2, 0.25) is 0 Å². The van der Waals surface area contributed by atoms with Crippen LogP contribution in [0.25, 0.3) is 22.6 Å². The summed E-state index contributed by atoms with van der Waals surface area (Å²) in [5, 5.41) is 1.11. The molecule has 0 amide bonds. The van der Waals surface area contributed by atoms with Crippen LogP contribution in [-0.4, -0.2) is 16.6 Å². The van der Waals surface area contributed by atoms with E-state index in [1.54, 1.807) is 24.5 Å². The summed E-state index contributed by atoms with van der Waals surface area (Å²) in [5.74, 6) is 1.16. The fraction of sp³-hybridized carbons (Fsp3) is 0.0667. The lowest BCUT2D eigenvalue weighted by Crippen LogP contribution is -2.02. The molecule has 172 valence electrons. The van der Waals surface area contributed by atoms with E-state index in [1.165, 1.54) is 12.1 Å². The molecule has 3 aromatic carbocycles. The predicted molar refractivity (Wildman–Crippen MR) is 137 cm³/mol. The zero-order valence-electron chi connectivity index (χ0n) is 19.0. The minimum Gasteiger partial charge on any atom is -0.487 e. The summed E-state index contributed by atoms with van der Waals surface area (Å²) in [6.07, 6.45) is 5.37. The Labute approximate surface area is 203 Å². The summed E-state index contributed by atoms with van der Waals surface area (Å²) < 4.78 is 25.3. The molecule has 0 atom stereocenters. The van der Waals surface area contributed by atoms with Gasteiger partial charge in [-0.2, -0.15) is 0 Å². The molecule has 0 unspecified atom stereocenters. The van der Waals surface area contributed by atoms with Gasteiger partial charge < -0.3 is 9.47 Å². The Balaban J connectivity index is 1.32. The van der Waals surface area contributed by atoms with Crippen LogP contribution in [0.5, 0.6) is 11.5 Å². The number of benzene rings is 3. The largest absolute Gasteiger partial charge is 0.487 e. The van der Waals surface area contributed by atoms with Crippen LogP contribution in [0.2, 0.25) is 0 Å². The first-order valence-electron chi connectivity index (χ1n) is 11.3. The van der Waals surface area contributed by atoms with Gasteiger partial charge in [-0.1, -0.05) is 48.5 Å². The molecule has 0 aliphatic heterocycles. The SMILES string of the molecule is Fc1ccc(C=C(COc2cccnc2)c2ccc(OCc3ccc4ccccc4n3)cc2)cc1. The lowest BCUT2D eigenvalue weighted by molar-refractivity contribution is 0.302. The van der Waals surface area contributed by atoms with Crippen molar-refractivity contribution in [2.75, 3.05) is 6.61 Å². The van der Waals surface area contributed by atoms with E-state index in [4.69, 9.17) is 9.47 Å². The Bertz CT molecular complexity index is 1430. The second-order valence-corrected chi connectivity index (χ2v) is 8.01. The summed E-state index contributed by atoms with van der Waals surface area (Å²) in [6.45, 7) is 0.719. The third-order valence-corrected chi connectivity index (χ3v) is 5.51. The number of ether oxygens (including phenoxy) is 2. The number of halogens is 1. The van der Waals surface area contributed by atoms with Gasteiger partial charge >= 0.3 is 0 Å². The summed E-state index contributed by atoms with van der Waals surface area (Å²) in [5.41, 5.74) is 4.64. The highest BCUT2D eigenvalue weighted by Gasteiger charge is 2.07. The van der Waals surface area contributed by atoms with Crippen molar-refractivity contribution in [1.82, 2.24) is 9.97 Å². The van der Waals surface area contributed by atoms with Crippen LogP contribution >= 0.6 is 0 Å². The first-order chi connectivity index (χ1) is 17.2. The third-order valence-electron chi connectivity index (χ3n) is 5.51. The third kappa shape index (κ3) is 5.89. The van der Waals surface area contributed by atoms with Crippen LogP contribution in [0, 0.1) is 5.82 Å². The van der Waals surface area contributed by atoms with E-state index < -0.39 is 0 Å². The van der Waals surface area contributed by atoms with Crippen molar-refractivity contribution in [2.45, 2.75) is 6.61 Å². The first kappa shape index (κ1) is 22.3. The maximum Gasteiger partial charge on any atom is 0.138 e. The van der Waals surface area contributed by atoms with Crippen LogP contribution in [-0.2, 0) is 6.61 Å². The van der Waals surface area contributed by atoms with Gasteiger partial charge in [-0.05, 0) is 71.3 Å². The number of nitrogens with zero attached hydrogens (tertiary/aromatic N) is 2. The van der Waals surface area contributed by atoms with Gasteiger partial charge in [0.15, 0.2) is 0 Å². The lowest BCUT2D eigenvalue weighted by Gasteiger charge is -2.12. The Kier molecular flexibility index (Phi) is 6.76. The van der Waals surface area contributed by atoms with Crippen LogP contribution in [0.4, 0.5) is 4.39 Å². The molecule has 2 heterocycles. The van der Waals surface area contributed by atoms with Crippen molar-refractivity contribution in [3.63, 3.8) is 0 Å². The van der Waals surface area contributed by atoms with E-state index >= 15 is 0 Å². The molecule has 5 rings (SSSR count). The molecule has 0 aliphatic carbocycles. The highest BCUT2D eigenvalue weighted by molar-refractivity contribution is 5.82. The summed E-state index contributed by atoms with van der Waals surface area (Å²) >= 11 is 0. The summed E-state index contributed by atoms with van der Waals surface area (Å²) in [6, 6.07) is 30.0. The standard InChI is InChI=1S/C30H23FN2O2/c31-26-12-7-22(8-13-26)18-25(20-34-29-5-3-17-32-19-29)23-10-15-28(16-11-23)35-21-27-14-9-24-4-1-2-6-30(24)33-27/h1-19H,20-21H2. The smallest absolute Gasteiger partial charge is 0.138 e. The molecular weight excluding hydrogens is 439 g/mol. The van der Waals surface area contributed by atoms with Gasteiger partial charge in [-0.3, -0.25) is 4.98 Å². The molecule has 0 bridgehead atoms. The van der Waals surface area contributed by atoms with Gasteiger partial charge in [-0.25, -0.2) is 9.37 Å². The molecule has 2 aromatic heterocycles. The predicted octanol–water partition coefficient (Wildman–Crippen LogP) is 6.97. The van der Waals surface area contributed by atoms with Crippen LogP contribution < -0.4 is 9.47 Å².